The van der Waals surface area contributed by atoms with Crippen molar-refractivity contribution in [3.63, 3.8) is 0 Å². The molecule has 168 valence electrons. The summed E-state index contributed by atoms with van der Waals surface area (Å²) in [5.41, 5.74) is 4.78. The van der Waals surface area contributed by atoms with Crippen molar-refractivity contribution in [1.29, 1.82) is 0 Å². The van der Waals surface area contributed by atoms with Crippen molar-refractivity contribution in [3.8, 4) is 5.75 Å². The van der Waals surface area contributed by atoms with Crippen LogP contribution in [0.1, 0.15) is 36.1 Å². The molecule has 0 saturated heterocycles. The third-order valence-electron chi connectivity index (χ3n) is 5.15. The lowest BCUT2D eigenvalue weighted by atomic mass is 10.00. The predicted molar refractivity (Wildman–Crippen MR) is 136 cm³/mol. The Hall–Kier alpha value is -2.29. The van der Waals surface area contributed by atoms with Gasteiger partial charge >= 0.3 is 0 Å². The summed E-state index contributed by atoms with van der Waals surface area (Å²) in [6.07, 6.45) is 1.01. The van der Waals surface area contributed by atoms with Gasteiger partial charge in [-0.05, 0) is 49.9 Å². The van der Waals surface area contributed by atoms with Crippen molar-refractivity contribution >= 4 is 35.8 Å². The Morgan fingerprint density at radius 3 is 2.61 bits per heavy atom. The lowest BCUT2D eigenvalue weighted by molar-refractivity contribution is -0.130. The molecule has 2 aromatic rings. The van der Waals surface area contributed by atoms with Crippen LogP contribution in [0.3, 0.4) is 0 Å². The maximum Gasteiger partial charge on any atom is 0.242 e. The molecule has 31 heavy (non-hydrogen) atoms. The number of halogens is 1. The molecule has 0 aliphatic carbocycles. The number of guanidine groups is 1. The van der Waals surface area contributed by atoms with Gasteiger partial charge in [0.2, 0.25) is 5.91 Å². The molecular weight excluding hydrogens is 503 g/mol. The quantitative estimate of drug-likeness (QED) is 0.336. The number of nitrogens with one attached hydrogen (secondary N) is 2. The van der Waals surface area contributed by atoms with Gasteiger partial charge in [-0.2, -0.15) is 0 Å². The number of aryl methyl sites for hydroxylation is 1. The van der Waals surface area contributed by atoms with E-state index in [9.17, 15) is 4.79 Å². The summed E-state index contributed by atoms with van der Waals surface area (Å²) in [6.45, 7) is 8.29. The van der Waals surface area contributed by atoms with Gasteiger partial charge in [-0.15, -0.1) is 24.0 Å². The minimum atomic E-state index is 0. The van der Waals surface area contributed by atoms with E-state index >= 15 is 0 Å². The zero-order chi connectivity index (χ0) is 21.5. The Labute approximate surface area is 202 Å². The first-order chi connectivity index (χ1) is 14.5. The zero-order valence-corrected chi connectivity index (χ0v) is 21.1. The Balaban J connectivity index is 0.00000341. The van der Waals surface area contributed by atoms with Crippen LogP contribution in [0.15, 0.2) is 47.5 Å². The Kier molecular flexibility index (Phi) is 9.61. The van der Waals surface area contributed by atoms with E-state index < -0.39 is 0 Å². The maximum absolute atomic E-state index is 12.7. The van der Waals surface area contributed by atoms with Crippen molar-refractivity contribution in [2.45, 2.75) is 46.4 Å². The van der Waals surface area contributed by atoms with E-state index in [1.165, 1.54) is 11.1 Å². The number of hydrogen-bond acceptors (Lipinski definition) is 3. The van der Waals surface area contributed by atoms with E-state index in [-0.39, 0.29) is 42.5 Å². The van der Waals surface area contributed by atoms with Gasteiger partial charge in [0.25, 0.3) is 0 Å². The number of carbonyl (C=O) groups excluding carboxylic acids is 1. The van der Waals surface area contributed by atoms with Crippen LogP contribution in [-0.2, 0) is 24.3 Å². The highest BCUT2D eigenvalue weighted by atomic mass is 127. The highest BCUT2D eigenvalue weighted by molar-refractivity contribution is 14.0. The van der Waals surface area contributed by atoms with E-state index in [2.05, 4.69) is 52.9 Å². The Morgan fingerprint density at radius 2 is 1.90 bits per heavy atom. The van der Waals surface area contributed by atoms with Gasteiger partial charge in [-0.25, -0.2) is 0 Å². The summed E-state index contributed by atoms with van der Waals surface area (Å²) in [6, 6.07) is 14.5. The molecule has 7 heteroatoms. The highest BCUT2D eigenvalue weighted by Crippen LogP contribution is 2.21. The van der Waals surface area contributed by atoms with Crippen molar-refractivity contribution < 1.29 is 9.53 Å². The maximum atomic E-state index is 12.7. The van der Waals surface area contributed by atoms with E-state index in [4.69, 9.17) is 4.74 Å². The third kappa shape index (κ3) is 7.12. The van der Waals surface area contributed by atoms with Crippen LogP contribution in [0.4, 0.5) is 0 Å². The number of benzene rings is 2. The lowest BCUT2D eigenvalue weighted by Crippen LogP contribution is -2.45. The van der Waals surface area contributed by atoms with Crippen LogP contribution >= 0.6 is 24.0 Å². The molecule has 0 radical (unpaired) electrons. The van der Waals surface area contributed by atoms with Gasteiger partial charge in [0, 0.05) is 32.2 Å². The number of amides is 1. The molecule has 0 fully saturated rings. The summed E-state index contributed by atoms with van der Waals surface area (Å²) < 4.78 is 5.94. The standard InChI is InChI=1S/C24H32N4O2.HI/c1-17(2)30-22-13-18(3)9-10-20(22)14-26-24(25-4)27-15-23(29)28-12-11-19-7-5-6-8-21(19)16-28;/h5-10,13,17H,11-12,14-16H2,1-4H3,(H2,25,26,27);1H. The number of hydrogen-bond donors (Lipinski definition) is 2. The number of carbonyl (C=O) groups is 1. The summed E-state index contributed by atoms with van der Waals surface area (Å²) in [7, 11) is 1.71. The molecular formula is C24H33IN4O2. The van der Waals surface area contributed by atoms with Crippen molar-refractivity contribution in [2.75, 3.05) is 20.1 Å². The second-order valence-corrected chi connectivity index (χ2v) is 7.89. The van der Waals surface area contributed by atoms with Crippen LogP contribution in [0.2, 0.25) is 0 Å². The largest absolute Gasteiger partial charge is 0.491 e. The Morgan fingerprint density at radius 1 is 1.16 bits per heavy atom. The topological polar surface area (TPSA) is 66.0 Å². The number of rotatable bonds is 6. The fraction of sp³-hybridized carbons (Fsp3) is 0.417. The molecule has 1 aliphatic rings. The molecule has 2 N–H and O–H groups in total. The van der Waals surface area contributed by atoms with Crippen LogP contribution in [0, 0.1) is 6.92 Å². The van der Waals surface area contributed by atoms with Crippen LogP contribution < -0.4 is 15.4 Å². The summed E-state index contributed by atoms with van der Waals surface area (Å²) >= 11 is 0. The highest BCUT2D eigenvalue weighted by Gasteiger charge is 2.20. The fourth-order valence-electron chi connectivity index (χ4n) is 3.55. The van der Waals surface area contributed by atoms with E-state index in [1.54, 1.807) is 7.05 Å². The van der Waals surface area contributed by atoms with E-state index in [1.807, 2.05) is 30.9 Å². The summed E-state index contributed by atoms with van der Waals surface area (Å²) in [5.74, 6) is 1.54. The normalized spacial score (nSPS) is 13.3. The molecule has 0 atom stereocenters. The van der Waals surface area contributed by atoms with Gasteiger partial charge in [0.05, 0.1) is 12.6 Å². The predicted octanol–water partition coefficient (Wildman–Crippen LogP) is 3.65. The first-order valence-electron chi connectivity index (χ1n) is 10.5. The number of ether oxygens (including phenoxy) is 1. The second-order valence-electron chi connectivity index (χ2n) is 7.89. The van der Waals surface area contributed by atoms with Crippen molar-refractivity contribution in [3.05, 3.63) is 64.7 Å². The van der Waals surface area contributed by atoms with E-state index in [0.717, 1.165) is 29.8 Å². The summed E-state index contributed by atoms with van der Waals surface area (Å²) in [5, 5.41) is 6.42. The fourth-order valence-corrected chi connectivity index (χ4v) is 3.55. The molecule has 1 aliphatic heterocycles. The molecule has 2 aromatic carbocycles. The molecule has 1 heterocycles. The first kappa shape index (κ1) is 25.0. The van der Waals surface area contributed by atoms with Crippen molar-refractivity contribution in [1.82, 2.24) is 15.5 Å². The molecule has 3 rings (SSSR count). The zero-order valence-electron chi connectivity index (χ0n) is 18.8. The minimum absolute atomic E-state index is 0. The van der Waals surface area contributed by atoms with Gasteiger partial charge in [0.15, 0.2) is 5.96 Å². The van der Waals surface area contributed by atoms with Crippen LogP contribution in [0.25, 0.3) is 0 Å². The minimum Gasteiger partial charge on any atom is -0.491 e. The summed E-state index contributed by atoms with van der Waals surface area (Å²) in [4.78, 5) is 18.8. The van der Waals surface area contributed by atoms with Gasteiger partial charge in [0.1, 0.15) is 5.75 Å². The molecule has 0 bridgehead atoms. The molecule has 1 amide bonds. The molecule has 6 nitrogen and oxygen atoms in total. The SMILES string of the molecule is CN=C(NCC(=O)N1CCc2ccccc2C1)NCc1ccc(C)cc1OC(C)C.I. The second kappa shape index (κ2) is 11.9. The molecule has 0 aromatic heterocycles. The average molecular weight is 536 g/mol. The number of aliphatic imine (C=N–C) groups is 1. The lowest BCUT2D eigenvalue weighted by Gasteiger charge is -2.29. The Bertz CT molecular complexity index is 914. The number of nitrogens with zero attached hydrogens (tertiary/aromatic N) is 2. The monoisotopic (exact) mass is 536 g/mol. The van der Waals surface area contributed by atoms with Gasteiger partial charge in [-0.1, -0.05) is 36.4 Å². The van der Waals surface area contributed by atoms with Gasteiger partial charge in [-0.3, -0.25) is 9.79 Å². The van der Waals surface area contributed by atoms with E-state index in [0.29, 0.717) is 19.0 Å². The number of fused-ring (bicyclic) bond motifs is 1. The van der Waals surface area contributed by atoms with Crippen LogP contribution in [0.5, 0.6) is 5.75 Å². The molecule has 0 unspecified atom stereocenters. The van der Waals surface area contributed by atoms with Crippen molar-refractivity contribution in [2.24, 2.45) is 4.99 Å². The average Bonchev–Trinajstić information content (AvgIpc) is 2.74. The third-order valence-corrected chi connectivity index (χ3v) is 5.15. The first-order valence-corrected chi connectivity index (χ1v) is 10.5. The smallest absolute Gasteiger partial charge is 0.242 e. The molecule has 0 spiro atoms. The van der Waals surface area contributed by atoms with Crippen LogP contribution in [-0.4, -0.2) is 43.0 Å². The van der Waals surface area contributed by atoms with Gasteiger partial charge < -0.3 is 20.3 Å². The molecule has 0 saturated carbocycles.